The van der Waals surface area contributed by atoms with Crippen molar-refractivity contribution in [1.82, 2.24) is 9.47 Å². The number of amides is 1. The maximum Gasteiger partial charge on any atom is 0.270 e. The molecule has 0 bridgehead atoms. The number of morpholine rings is 1. The van der Waals surface area contributed by atoms with Crippen LogP contribution >= 0.6 is 0 Å². The molecule has 1 saturated heterocycles. The highest BCUT2D eigenvalue weighted by Crippen LogP contribution is 2.38. The number of nitrogens with zero attached hydrogens (tertiary/aromatic N) is 4. The number of aromatic nitrogens is 1. The van der Waals surface area contributed by atoms with Crippen molar-refractivity contribution in [1.29, 1.82) is 0 Å². The zero-order chi connectivity index (χ0) is 26.6. The molecule has 1 aromatic heterocycles. The Labute approximate surface area is 218 Å². The standard InChI is InChI=1S/C28H26N4O6/c33-28(29-11-13-38-14-12-29)17-24(21-7-4-8-22(15-21)31(34)35)26-19-30(18-20-5-2-1-3-6-20)27-10-9-23(32(36)37)16-25(26)27/h1-10,15-16,19,24H,11-14,17-18H2/t24-/m0/s1. The lowest BCUT2D eigenvalue weighted by Gasteiger charge is -2.28. The van der Waals surface area contributed by atoms with E-state index in [1.165, 1.54) is 24.3 Å². The maximum absolute atomic E-state index is 13.4. The van der Waals surface area contributed by atoms with Gasteiger partial charge in [0.2, 0.25) is 5.91 Å². The smallest absolute Gasteiger partial charge is 0.270 e. The molecule has 0 saturated carbocycles. The number of benzene rings is 3. The third-order valence-electron chi connectivity index (χ3n) is 6.90. The van der Waals surface area contributed by atoms with Gasteiger partial charge in [-0.25, -0.2) is 0 Å². The first-order chi connectivity index (χ1) is 18.4. The van der Waals surface area contributed by atoms with Crippen LogP contribution < -0.4 is 0 Å². The van der Waals surface area contributed by atoms with Crippen LogP contribution in [-0.2, 0) is 16.1 Å². The average molecular weight is 515 g/mol. The molecule has 1 amide bonds. The molecule has 0 unspecified atom stereocenters. The third-order valence-corrected chi connectivity index (χ3v) is 6.90. The second kappa shape index (κ2) is 10.8. The summed E-state index contributed by atoms with van der Waals surface area (Å²) in [6.45, 7) is 2.38. The summed E-state index contributed by atoms with van der Waals surface area (Å²) >= 11 is 0. The number of carbonyl (C=O) groups is 1. The normalized spacial score (nSPS) is 14.4. The Bertz CT molecular complexity index is 1490. The quantitative estimate of drug-likeness (QED) is 0.244. The fourth-order valence-corrected chi connectivity index (χ4v) is 4.99. The lowest BCUT2D eigenvalue weighted by Crippen LogP contribution is -2.41. The van der Waals surface area contributed by atoms with E-state index in [0.717, 1.165) is 11.1 Å². The van der Waals surface area contributed by atoms with Gasteiger partial charge in [-0.3, -0.25) is 25.0 Å². The Morgan fingerprint density at radius 3 is 2.32 bits per heavy atom. The summed E-state index contributed by atoms with van der Waals surface area (Å²) in [6.07, 6.45) is 1.98. The zero-order valence-electron chi connectivity index (χ0n) is 20.6. The summed E-state index contributed by atoms with van der Waals surface area (Å²) < 4.78 is 7.39. The largest absolute Gasteiger partial charge is 0.378 e. The summed E-state index contributed by atoms with van der Waals surface area (Å²) in [5, 5.41) is 23.8. The van der Waals surface area contributed by atoms with E-state index in [1.807, 2.05) is 41.1 Å². The number of hydrogen-bond donors (Lipinski definition) is 0. The third kappa shape index (κ3) is 5.25. The van der Waals surface area contributed by atoms with E-state index in [-0.39, 0.29) is 23.7 Å². The van der Waals surface area contributed by atoms with Crippen LogP contribution in [0.2, 0.25) is 0 Å². The predicted octanol–water partition coefficient (Wildman–Crippen LogP) is 4.89. The van der Waals surface area contributed by atoms with Gasteiger partial charge in [-0.05, 0) is 22.8 Å². The summed E-state index contributed by atoms with van der Waals surface area (Å²) in [7, 11) is 0. The van der Waals surface area contributed by atoms with E-state index in [9.17, 15) is 25.0 Å². The molecule has 38 heavy (non-hydrogen) atoms. The molecule has 4 aromatic rings. The van der Waals surface area contributed by atoms with Crippen LogP contribution in [0.1, 0.15) is 29.0 Å². The van der Waals surface area contributed by atoms with Crippen LogP contribution in [0.4, 0.5) is 11.4 Å². The SMILES string of the molecule is O=C(C[C@@H](c1cccc([N+](=O)[O-])c1)c1cn(Cc2ccccc2)c2ccc([N+](=O)[O-])cc12)N1CCOCC1. The highest BCUT2D eigenvalue weighted by Gasteiger charge is 2.28. The molecule has 0 N–H and O–H groups in total. The molecule has 5 rings (SSSR count). The van der Waals surface area contributed by atoms with Gasteiger partial charge in [0, 0.05) is 73.3 Å². The van der Waals surface area contributed by atoms with Gasteiger partial charge in [0.15, 0.2) is 0 Å². The lowest BCUT2D eigenvalue weighted by molar-refractivity contribution is -0.385. The van der Waals surface area contributed by atoms with Crippen LogP contribution in [0, 0.1) is 20.2 Å². The number of rotatable bonds is 8. The molecule has 3 aromatic carbocycles. The molecular weight excluding hydrogens is 488 g/mol. The highest BCUT2D eigenvalue weighted by atomic mass is 16.6. The molecule has 0 spiro atoms. The summed E-state index contributed by atoms with van der Waals surface area (Å²) in [5.41, 5.74) is 3.00. The minimum Gasteiger partial charge on any atom is -0.378 e. The molecule has 1 fully saturated rings. The van der Waals surface area contributed by atoms with Gasteiger partial charge in [0.1, 0.15) is 0 Å². The van der Waals surface area contributed by atoms with Gasteiger partial charge >= 0.3 is 0 Å². The Morgan fingerprint density at radius 2 is 1.61 bits per heavy atom. The summed E-state index contributed by atoms with van der Waals surface area (Å²) in [5.74, 6) is -0.647. The summed E-state index contributed by atoms with van der Waals surface area (Å²) in [4.78, 5) is 37.4. The van der Waals surface area contributed by atoms with Gasteiger partial charge in [0.25, 0.3) is 11.4 Å². The van der Waals surface area contributed by atoms with Crippen molar-refractivity contribution < 1.29 is 19.4 Å². The van der Waals surface area contributed by atoms with Crippen molar-refractivity contribution in [3.05, 3.63) is 116 Å². The first-order valence-electron chi connectivity index (χ1n) is 12.3. The maximum atomic E-state index is 13.4. The van der Waals surface area contributed by atoms with E-state index in [0.29, 0.717) is 49.4 Å². The highest BCUT2D eigenvalue weighted by molar-refractivity contribution is 5.88. The topological polar surface area (TPSA) is 121 Å². The van der Waals surface area contributed by atoms with Crippen molar-refractivity contribution in [2.45, 2.75) is 18.9 Å². The minimum absolute atomic E-state index is 0.0616. The fourth-order valence-electron chi connectivity index (χ4n) is 4.99. The zero-order valence-corrected chi connectivity index (χ0v) is 20.6. The molecular formula is C28H26N4O6. The van der Waals surface area contributed by atoms with Crippen molar-refractivity contribution in [2.75, 3.05) is 26.3 Å². The number of nitro groups is 2. The van der Waals surface area contributed by atoms with Crippen LogP contribution in [0.3, 0.4) is 0 Å². The van der Waals surface area contributed by atoms with Crippen LogP contribution in [0.15, 0.2) is 79.0 Å². The van der Waals surface area contributed by atoms with Gasteiger partial charge in [-0.15, -0.1) is 0 Å². The van der Waals surface area contributed by atoms with E-state index in [4.69, 9.17) is 4.74 Å². The molecule has 1 aliphatic heterocycles. The Morgan fingerprint density at radius 1 is 0.895 bits per heavy atom. The Hall–Kier alpha value is -4.57. The van der Waals surface area contributed by atoms with Gasteiger partial charge in [-0.1, -0.05) is 42.5 Å². The van der Waals surface area contributed by atoms with Gasteiger partial charge < -0.3 is 14.2 Å². The fraction of sp³-hybridized carbons (Fsp3) is 0.250. The van der Waals surface area contributed by atoms with Crippen molar-refractivity contribution >= 4 is 28.2 Å². The average Bonchev–Trinajstić information content (AvgIpc) is 3.29. The second-order valence-corrected chi connectivity index (χ2v) is 9.26. The van der Waals surface area contributed by atoms with Crippen molar-refractivity contribution in [3.8, 4) is 0 Å². The van der Waals surface area contributed by atoms with Crippen LogP contribution in [-0.4, -0.2) is 51.5 Å². The van der Waals surface area contributed by atoms with E-state index >= 15 is 0 Å². The molecule has 10 heteroatoms. The lowest BCUT2D eigenvalue weighted by atomic mass is 9.87. The van der Waals surface area contributed by atoms with Gasteiger partial charge in [-0.2, -0.15) is 0 Å². The molecule has 0 aliphatic carbocycles. The van der Waals surface area contributed by atoms with E-state index in [2.05, 4.69) is 0 Å². The number of nitro benzene ring substituents is 2. The molecule has 2 heterocycles. The number of hydrogen-bond acceptors (Lipinski definition) is 6. The van der Waals surface area contributed by atoms with Crippen molar-refractivity contribution in [2.24, 2.45) is 0 Å². The number of fused-ring (bicyclic) bond motifs is 1. The van der Waals surface area contributed by atoms with E-state index < -0.39 is 15.8 Å². The molecule has 1 aliphatic rings. The predicted molar refractivity (Wildman–Crippen MR) is 141 cm³/mol. The monoisotopic (exact) mass is 514 g/mol. The number of non-ortho nitro benzene ring substituents is 2. The Balaban J connectivity index is 1.65. The van der Waals surface area contributed by atoms with Crippen molar-refractivity contribution in [3.63, 3.8) is 0 Å². The number of carbonyl (C=O) groups excluding carboxylic acids is 1. The molecule has 194 valence electrons. The first-order valence-corrected chi connectivity index (χ1v) is 12.3. The Kier molecular flexibility index (Phi) is 7.14. The first kappa shape index (κ1) is 25.1. The number of ether oxygens (including phenoxy) is 1. The van der Waals surface area contributed by atoms with Crippen LogP contribution in [0.5, 0.6) is 0 Å². The minimum atomic E-state index is -0.549. The molecule has 10 nitrogen and oxygen atoms in total. The second-order valence-electron chi connectivity index (χ2n) is 9.26. The van der Waals surface area contributed by atoms with Crippen LogP contribution in [0.25, 0.3) is 10.9 Å². The molecule has 1 atom stereocenters. The molecule has 0 radical (unpaired) electrons. The van der Waals surface area contributed by atoms with Gasteiger partial charge in [0.05, 0.1) is 23.1 Å². The summed E-state index contributed by atoms with van der Waals surface area (Å²) in [6, 6.07) is 20.8. The van der Waals surface area contributed by atoms with E-state index in [1.54, 1.807) is 23.1 Å².